The summed E-state index contributed by atoms with van der Waals surface area (Å²) in [6.07, 6.45) is 6.96. The number of nitrogens with zero attached hydrogens (tertiary/aromatic N) is 1. The minimum Gasteiger partial charge on any atom is -0.323 e. The molecule has 0 atom stereocenters. The zero-order valence-corrected chi connectivity index (χ0v) is 7.85. The van der Waals surface area contributed by atoms with Crippen molar-refractivity contribution in [3.05, 3.63) is 54.1 Å². The number of hydrogen-bond donors (Lipinski definition) is 1. The first-order valence-corrected chi connectivity index (χ1v) is 4.61. The average molecular weight is 184 g/mol. The van der Waals surface area contributed by atoms with Crippen LogP contribution in [0, 0.1) is 0 Å². The molecule has 2 nitrogen and oxygen atoms in total. The number of rotatable bonds is 1. The van der Waals surface area contributed by atoms with E-state index in [1.807, 2.05) is 30.4 Å². The fourth-order valence-corrected chi connectivity index (χ4v) is 1.55. The summed E-state index contributed by atoms with van der Waals surface area (Å²) in [6, 6.07) is 10.2. The molecular formula is C12H12N2. The van der Waals surface area contributed by atoms with Crippen molar-refractivity contribution in [2.24, 2.45) is 10.9 Å². The van der Waals surface area contributed by atoms with Crippen LogP contribution < -0.4 is 5.84 Å². The minimum atomic E-state index is 0.817. The Hall–Kier alpha value is -1.83. The lowest BCUT2D eigenvalue weighted by Crippen LogP contribution is -2.06. The van der Waals surface area contributed by atoms with Gasteiger partial charge in [0.25, 0.3) is 0 Å². The van der Waals surface area contributed by atoms with Gasteiger partial charge in [0, 0.05) is 12.0 Å². The van der Waals surface area contributed by atoms with E-state index in [-0.39, 0.29) is 0 Å². The Bertz CT molecular complexity index is 400. The third-order valence-electron chi connectivity index (χ3n) is 2.26. The molecule has 14 heavy (non-hydrogen) atoms. The topological polar surface area (TPSA) is 38.4 Å². The van der Waals surface area contributed by atoms with Crippen LogP contribution in [0.5, 0.6) is 0 Å². The molecule has 1 aromatic carbocycles. The second-order valence-corrected chi connectivity index (χ2v) is 3.15. The molecule has 0 amide bonds. The van der Waals surface area contributed by atoms with Crippen molar-refractivity contribution in [1.29, 1.82) is 0 Å². The first-order chi connectivity index (χ1) is 6.92. The summed E-state index contributed by atoms with van der Waals surface area (Å²) in [5.74, 6) is 5.34. The van der Waals surface area contributed by atoms with Crippen LogP contribution in [-0.4, -0.2) is 5.71 Å². The van der Waals surface area contributed by atoms with Crippen molar-refractivity contribution < 1.29 is 0 Å². The maximum atomic E-state index is 5.34. The Morgan fingerprint density at radius 1 is 1.14 bits per heavy atom. The van der Waals surface area contributed by atoms with Crippen molar-refractivity contribution in [3.8, 4) is 0 Å². The molecule has 1 aliphatic rings. The second kappa shape index (κ2) is 3.92. The minimum absolute atomic E-state index is 0.817. The van der Waals surface area contributed by atoms with E-state index in [0.29, 0.717) is 0 Å². The van der Waals surface area contributed by atoms with Gasteiger partial charge in [0.05, 0.1) is 5.71 Å². The monoisotopic (exact) mass is 184 g/mol. The summed E-state index contributed by atoms with van der Waals surface area (Å²) in [5.41, 5.74) is 3.23. The third-order valence-corrected chi connectivity index (χ3v) is 2.26. The fraction of sp³-hybridized carbons (Fsp3) is 0.0833. The summed E-state index contributed by atoms with van der Waals surface area (Å²) < 4.78 is 0. The number of hydrogen-bond acceptors (Lipinski definition) is 2. The molecule has 0 saturated carbocycles. The van der Waals surface area contributed by atoms with E-state index in [9.17, 15) is 0 Å². The Morgan fingerprint density at radius 2 is 1.93 bits per heavy atom. The van der Waals surface area contributed by atoms with Crippen LogP contribution in [0.3, 0.4) is 0 Å². The van der Waals surface area contributed by atoms with Crippen molar-refractivity contribution in [1.82, 2.24) is 0 Å². The first kappa shape index (κ1) is 8.75. The fourth-order valence-electron chi connectivity index (χ4n) is 1.55. The second-order valence-electron chi connectivity index (χ2n) is 3.15. The van der Waals surface area contributed by atoms with Crippen LogP contribution >= 0.6 is 0 Å². The summed E-state index contributed by atoms with van der Waals surface area (Å²) in [5, 5.41) is 3.80. The lowest BCUT2D eigenvalue weighted by molar-refractivity contribution is 1.22. The summed E-state index contributed by atoms with van der Waals surface area (Å²) in [4.78, 5) is 0. The number of hydrazone groups is 1. The predicted octanol–water partition coefficient (Wildman–Crippen LogP) is 2.34. The van der Waals surface area contributed by atoms with Crippen molar-refractivity contribution >= 4 is 11.3 Å². The van der Waals surface area contributed by atoms with Crippen LogP contribution in [-0.2, 0) is 0 Å². The molecule has 70 valence electrons. The first-order valence-electron chi connectivity index (χ1n) is 4.61. The van der Waals surface area contributed by atoms with Crippen molar-refractivity contribution in [2.75, 3.05) is 0 Å². The van der Waals surface area contributed by atoms with Gasteiger partial charge >= 0.3 is 0 Å². The van der Waals surface area contributed by atoms with E-state index in [2.05, 4.69) is 23.3 Å². The van der Waals surface area contributed by atoms with E-state index in [1.54, 1.807) is 0 Å². The smallest absolute Gasteiger partial charge is 0.0716 e. The maximum absolute atomic E-state index is 5.34. The summed E-state index contributed by atoms with van der Waals surface area (Å²) in [7, 11) is 0. The van der Waals surface area contributed by atoms with Gasteiger partial charge in [-0.05, 0) is 5.56 Å². The van der Waals surface area contributed by atoms with E-state index in [0.717, 1.165) is 17.7 Å². The lowest BCUT2D eigenvalue weighted by Gasteiger charge is -2.11. The predicted molar refractivity (Wildman–Crippen MR) is 59.8 cm³/mol. The molecule has 1 aromatic rings. The van der Waals surface area contributed by atoms with Gasteiger partial charge in [-0.15, -0.1) is 0 Å². The van der Waals surface area contributed by atoms with Crippen LogP contribution in [0.2, 0.25) is 0 Å². The highest BCUT2D eigenvalue weighted by Crippen LogP contribution is 2.20. The molecule has 0 heterocycles. The molecule has 0 radical (unpaired) electrons. The zero-order valence-electron chi connectivity index (χ0n) is 7.85. The van der Waals surface area contributed by atoms with Crippen LogP contribution in [0.25, 0.3) is 5.57 Å². The number of nitrogens with two attached hydrogens (primary N) is 1. The number of benzene rings is 1. The van der Waals surface area contributed by atoms with Crippen molar-refractivity contribution in [3.63, 3.8) is 0 Å². The quantitative estimate of drug-likeness (QED) is 0.528. The number of allylic oxidation sites excluding steroid dienone is 4. The zero-order chi connectivity index (χ0) is 9.80. The van der Waals surface area contributed by atoms with Gasteiger partial charge < -0.3 is 5.84 Å². The van der Waals surface area contributed by atoms with Gasteiger partial charge in [-0.3, -0.25) is 0 Å². The molecule has 0 spiro atoms. The Kier molecular flexibility index (Phi) is 2.45. The van der Waals surface area contributed by atoms with Gasteiger partial charge in [-0.1, -0.05) is 48.6 Å². The third kappa shape index (κ3) is 1.59. The Labute approximate surface area is 83.4 Å². The molecule has 0 aromatic heterocycles. The van der Waals surface area contributed by atoms with Crippen LogP contribution in [0.4, 0.5) is 0 Å². The van der Waals surface area contributed by atoms with E-state index in [1.165, 1.54) is 5.56 Å². The van der Waals surface area contributed by atoms with E-state index < -0.39 is 0 Å². The molecule has 0 unspecified atom stereocenters. The highest BCUT2D eigenvalue weighted by molar-refractivity contribution is 6.25. The summed E-state index contributed by atoms with van der Waals surface area (Å²) in [6.45, 7) is 0. The lowest BCUT2D eigenvalue weighted by atomic mass is 9.95. The summed E-state index contributed by atoms with van der Waals surface area (Å²) >= 11 is 0. The van der Waals surface area contributed by atoms with E-state index >= 15 is 0 Å². The SMILES string of the molecule is NN=C1CC=CC=C1c1ccccc1. The Morgan fingerprint density at radius 3 is 2.64 bits per heavy atom. The van der Waals surface area contributed by atoms with Crippen LogP contribution in [0.1, 0.15) is 12.0 Å². The molecule has 0 saturated heterocycles. The van der Waals surface area contributed by atoms with Gasteiger partial charge in [0.15, 0.2) is 0 Å². The molecule has 0 aliphatic heterocycles. The standard InChI is InChI=1S/C12H12N2/c13-14-12-9-5-4-8-11(12)10-6-2-1-3-7-10/h1-8H,9,13H2. The normalized spacial score (nSPS) is 18.3. The molecule has 0 fully saturated rings. The molecule has 0 bridgehead atoms. The maximum Gasteiger partial charge on any atom is 0.0716 e. The largest absolute Gasteiger partial charge is 0.323 e. The van der Waals surface area contributed by atoms with Crippen molar-refractivity contribution in [2.45, 2.75) is 6.42 Å². The van der Waals surface area contributed by atoms with E-state index in [4.69, 9.17) is 5.84 Å². The molecular weight excluding hydrogens is 172 g/mol. The average Bonchev–Trinajstić information content (AvgIpc) is 2.30. The molecule has 1 aliphatic carbocycles. The molecule has 2 rings (SSSR count). The Balaban J connectivity index is 2.43. The van der Waals surface area contributed by atoms with Gasteiger partial charge in [-0.2, -0.15) is 5.10 Å². The van der Waals surface area contributed by atoms with Gasteiger partial charge in [0.2, 0.25) is 0 Å². The van der Waals surface area contributed by atoms with Gasteiger partial charge in [0.1, 0.15) is 0 Å². The van der Waals surface area contributed by atoms with Gasteiger partial charge in [-0.25, -0.2) is 0 Å². The molecule has 2 heteroatoms. The molecule has 2 N–H and O–H groups in total. The highest BCUT2D eigenvalue weighted by atomic mass is 15.1. The van der Waals surface area contributed by atoms with Crippen LogP contribution in [0.15, 0.2) is 53.7 Å². The highest BCUT2D eigenvalue weighted by Gasteiger charge is 2.09.